The molecule has 0 saturated heterocycles. The van der Waals surface area contributed by atoms with Gasteiger partial charge in [-0.15, -0.1) is 0 Å². The number of aryl methyl sites for hydroxylation is 2. The zero-order valence-electron chi connectivity index (χ0n) is 19.1. The third-order valence-corrected chi connectivity index (χ3v) is 6.14. The van der Waals surface area contributed by atoms with E-state index in [4.69, 9.17) is 4.74 Å². The van der Waals surface area contributed by atoms with Crippen molar-refractivity contribution in [2.24, 2.45) is 0 Å². The minimum absolute atomic E-state index is 0.118. The molecule has 170 valence electrons. The molecule has 0 fully saturated rings. The largest absolute Gasteiger partial charge is 0.491 e. The van der Waals surface area contributed by atoms with Gasteiger partial charge in [-0.05, 0) is 75.4 Å². The van der Waals surface area contributed by atoms with Crippen LogP contribution in [0.15, 0.2) is 48.5 Å². The molecule has 1 atom stereocenters. The summed E-state index contributed by atoms with van der Waals surface area (Å²) in [7, 11) is -3.61. The number of hydrogen-bond acceptors (Lipinski definition) is 4. The second-order valence-corrected chi connectivity index (χ2v) is 9.82. The fraction of sp³-hybridized carbons (Fsp3) is 0.458. The third-order valence-electron chi connectivity index (χ3n) is 4.90. The molecule has 7 heteroatoms. The molecule has 2 aromatic rings. The van der Waals surface area contributed by atoms with Crippen molar-refractivity contribution in [3.05, 3.63) is 59.7 Å². The molecule has 0 saturated carbocycles. The molecule has 6 nitrogen and oxygen atoms in total. The molecule has 0 aliphatic rings. The second kappa shape index (κ2) is 11.2. The Morgan fingerprint density at radius 1 is 1.06 bits per heavy atom. The SMILES string of the molecule is CCc1ccc(N([C@@H](C)C(=O)NCCCc2cccc(OC(C)C)c2)S(C)(=O)=O)cc1. The van der Waals surface area contributed by atoms with Crippen molar-refractivity contribution in [3.63, 3.8) is 0 Å². The normalized spacial score (nSPS) is 12.5. The van der Waals surface area contributed by atoms with Crippen molar-refractivity contribution in [2.45, 2.75) is 59.1 Å². The average molecular weight is 447 g/mol. The van der Waals surface area contributed by atoms with Gasteiger partial charge in [0.1, 0.15) is 11.8 Å². The van der Waals surface area contributed by atoms with Gasteiger partial charge in [0, 0.05) is 6.54 Å². The van der Waals surface area contributed by atoms with Crippen LogP contribution < -0.4 is 14.4 Å². The number of sulfonamides is 1. The lowest BCUT2D eigenvalue weighted by Gasteiger charge is -2.28. The zero-order chi connectivity index (χ0) is 23.0. The lowest BCUT2D eigenvalue weighted by Crippen LogP contribution is -2.48. The zero-order valence-corrected chi connectivity index (χ0v) is 19.9. The van der Waals surface area contributed by atoms with Crippen LogP contribution in [0.25, 0.3) is 0 Å². The van der Waals surface area contributed by atoms with E-state index in [1.165, 1.54) is 4.31 Å². The van der Waals surface area contributed by atoms with Crippen LogP contribution in [0.1, 0.15) is 45.2 Å². The third kappa shape index (κ3) is 7.58. The van der Waals surface area contributed by atoms with E-state index in [-0.39, 0.29) is 12.0 Å². The van der Waals surface area contributed by atoms with Gasteiger partial charge in [0.25, 0.3) is 0 Å². The highest BCUT2D eigenvalue weighted by molar-refractivity contribution is 7.92. The van der Waals surface area contributed by atoms with Crippen LogP contribution in [0.5, 0.6) is 5.75 Å². The Balaban J connectivity index is 1.95. The summed E-state index contributed by atoms with van der Waals surface area (Å²) in [5.74, 6) is 0.518. The Labute approximate surface area is 186 Å². The van der Waals surface area contributed by atoms with Crippen LogP contribution >= 0.6 is 0 Å². The molecule has 0 aliphatic carbocycles. The van der Waals surface area contributed by atoms with Crippen molar-refractivity contribution in [2.75, 3.05) is 17.1 Å². The van der Waals surface area contributed by atoms with E-state index in [1.807, 2.05) is 57.2 Å². The van der Waals surface area contributed by atoms with E-state index >= 15 is 0 Å². The summed E-state index contributed by atoms with van der Waals surface area (Å²) in [6, 6.07) is 14.3. The van der Waals surface area contributed by atoms with Crippen molar-refractivity contribution in [3.8, 4) is 5.75 Å². The Morgan fingerprint density at radius 3 is 2.32 bits per heavy atom. The van der Waals surface area contributed by atoms with E-state index in [2.05, 4.69) is 5.32 Å². The molecule has 2 aromatic carbocycles. The van der Waals surface area contributed by atoms with Crippen LogP contribution in [-0.2, 0) is 27.7 Å². The molecular weight excluding hydrogens is 412 g/mol. The van der Waals surface area contributed by atoms with Gasteiger partial charge < -0.3 is 10.1 Å². The van der Waals surface area contributed by atoms with Crippen LogP contribution in [0, 0.1) is 0 Å². The first-order valence-electron chi connectivity index (χ1n) is 10.7. The molecule has 0 heterocycles. The summed E-state index contributed by atoms with van der Waals surface area (Å²) >= 11 is 0. The molecule has 2 rings (SSSR count). The highest BCUT2D eigenvalue weighted by atomic mass is 32.2. The highest BCUT2D eigenvalue weighted by Gasteiger charge is 2.28. The molecule has 0 unspecified atom stereocenters. The van der Waals surface area contributed by atoms with E-state index < -0.39 is 16.1 Å². The number of nitrogens with zero attached hydrogens (tertiary/aromatic N) is 1. The number of carbonyl (C=O) groups is 1. The molecule has 0 bridgehead atoms. The van der Waals surface area contributed by atoms with Crippen LogP contribution in [0.2, 0.25) is 0 Å². The summed E-state index contributed by atoms with van der Waals surface area (Å²) < 4.78 is 31.7. The lowest BCUT2D eigenvalue weighted by atomic mass is 10.1. The number of carbonyl (C=O) groups excluding carboxylic acids is 1. The summed E-state index contributed by atoms with van der Waals surface area (Å²) in [5.41, 5.74) is 2.73. The fourth-order valence-electron chi connectivity index (χ4n) is 3.39. The first kappa shape index (κ1) is 24.7. The number of anilines is 1. The van der Waals surface area contributed by atoms with Crippen LogP contribution in [-0.4, -0.2) is 39.3 Å². The summed E-state index contributed by atoms with van der Waals surface area (Å²) in [6.45, 7) is 8.08. The Hall–Kier alpha value is -2.54. The molecule has 0 aromatic heterocycles. The number of rotatable bonds is 11. The molecule has 0 aliphatic heterocycles. The number of hydrogen-bond donors (Lipinski definition) is 1. The fourth-order valence-corrected chi connectivity index (χ4v) is 4.56. The Kier molecular flexibility index (Phi) is 8.92. The topological polar surface area (TPSA) is 75.7 Å². The van der Waals surface area contributed by atoms with Crippen molar-refractivity contribution >= 4 is 21.6 Å². The van der Waals surface area contributed by atoms with E-state index in [1.54, 1.807) is 19.1 Å². The summed E-state index contributed by atoms with van der Waals surface area (Å²) in [5, 5.41) is 2.87. The maximum atomic E-state index is 12.7. The molecule has 1 N–H and O–H groups in total. The monoisotopic (exact) mass is 446 g/mol. The van der Waals surface area contributed by atoms with Crippen molar-refractivity contribution in [1.82, 2.24) is 5.32 Å². The Bertz CT molecular complexity index is 956. The maximum absolute atomic E-state index is 12.7. The minimum atomic E-state index is -3.61. The van der Waals surface area contributed by atoms with Gasteiger partial charge >= 0.3 is 0 Å². The number of amides is 1. The van der Waals surface area contributed by atoms with Gasteiger partial charge in [-0.2, -0.15) is 0 Å². The smallest absolute Gasteiger partial charge is 0.243 e. The Morgan fingerprint density at radius 2 is 1.74 bits per heavy atom. The standard InChI is InChI=1S/C24H34N2O4S/c1-6-20-12-14-22(15-13-20)26(31(5,28)29)19(4)24(27)25-16-8-10-21-9-7-11-23(17-21)30-18(2)3/h7,9,11-15,17-19H,6,8,10,16H2,1-5H3,(H,25,27)/t19-/m0/s1. The van der Waals surface area contributed by atoms with E-state index in [0.29, 0.717) is 12.2 Å². The van der Waals surface area contributed by atoms with Crippen molar-refractivity contribution < 1.29 is 17.9 Å². The quantitative estimate of drug-likeness (QED) is 0.531. The summed E-state index contributed by atoms with van der Waals surface area (Å²) in [6.07, 6.45) is 3.64. The first-order chi connectivity index (χ1) is 14.6. The van der Waals surface area contributed by atoms with Gasteiger partial charge in [0.05, 0.1) is 18.0 Å². The molecular formula is C24H34N2O4S. The van der Waals surface area contributed by atoms with Crippen LogP contribution in [0.4, 0.5) is 5.69 Å². The number of ether oxygens (including phenoxy) is 1. The van der Waals surface area contributed by atoms with Crippen molar-refractivity contribution in [1.29, 1.82) is 0 Å². The number of nitrogens with one attached hydrogen (secondary N) is 1. The molecule has 1 amide bonds. The van der Waals surface area contributed by atoms with Gasteiger partial charge in [-0.1, -0.05) is 31.2 Å². The van der Waals surface area contributed by atoms with Gasteiger partial charge in [0.2, 0.25) is 15.9 Å². The molecule has 0 radical (unpaired) electrons. The van der Waals surface area contributed by atoms with E-state index in [0.717, 1.165) is 42.4 Å². The molecule has 31 heavy (non-hydrogen) atoms. The lowest BCUT2D eigenvalue weighted by molar-refractivity contribution is -0.121. The maximum Gasteiger partial charge on any atom is 0.243 e. The van der Waals surface area contributed by atoms with Gasteiger partial charge in [-0.3, -0.25) is 9.10 Å². The van der Waals surface area contributed by atoms with Gasteiger partial charge in [0.15, 0.2) is 0 Å². The number of benzene rings is 2. The average Bonchev–Trinajstić information content (AvgIpc) is 2.70. The summed E-state index contributed by atoms with van der Waals surface area (Å²) in [4.78, 5) is 12.7. The minimum Gasteiger partial charge on any atom is -0.491 e. The first-order valence-corrected chi connectivity index (χ1v) is 12.6. The van der Waals surface area contributed by atoms with E-state index in [9.17, 15) is 13.2 Å². The highest BCUT2D eigenvalue weighted by Crippen LogP contribution is 2.22. The predicted molar refractivity (Wildman–Crippen MR) is 126 cm³/mol. The molecule has 0 spiro atoms. The second-order valence-electron chi connectivity index (χ2n) is 7.96. The van der Waals surface area contributed by atoms with Gasteiger partial charge in [-0.25, -0.2) is 8.42 Å². The predicted octanol–water partition coefficient (Wildman–Crippen LogP) is 3.94. The van der Waals surface area contributed by atoms with Crippen LogP contribution in [0.3, 0.4) is 0 Å².